The average Bonchev–Trinajstić information content (AvgIpc) is 2.63. The zero-order valence-electron chi connectivity index (χ0n) is 8.71. The second-order valence-corrected chi connectivity index (χ2v) is 3.21. The van der Waals surface area contributed by atoms with Gasteiger partial charge in [0.1, 0.15) is 0 Å². The Labute approximate surface area is 84.1 Å². The third-order valence-corrected chi connectivity index (χ3v) is 2.20. The normalized spacial score (nSPS) is 26.4. The van der Waals surface area contributed by atoms with E-state index in [0.717, 1.165) is 6.54 Å². The summed E-state index contributed by atoms with van der Waals surface area (Å²) in [6, 6.07) is 0.112. The van der Waals surface area contributed by atoms with Crippen LogP contribution in [0.25, 0.3) is 0 Å². The molecule has 82 valence electrons. The van der Waals surface area contributed by atoms with E-state index in [-0.39, 0.29) is 17.9 Å². The molecule has 1 aliphatic rings. The summed E-state index contributed by atoms with van der Waals surface area (Å²) in [6.07, 6.45) is 0. The maximum absolute atomic E-state index is 11.5. The largest absolute Gasteiger partial charge is 0.379 e. The summed E-state index contributed by atoms with van der Waals surface area (Å²) in [4.78, 5) is 16.4. The van der Waals surface area contributed by atoms with Crippen molar-refractivity contribution in [2.75, 3.05) is 26.4 Å². The number of hydrogen-bond donors (Lipinski definition) is 2. The summed E-state index contributed by atoms with van der Waals surface area (Å²) >= 11 is 0. The Morgan fingerprint density at radius 3 is 2.93 bits per heavy atom. The number of carbonyl (C=O) groups excluding carboxylic acids is 1. The standard InChI is InChI=1S/C9H18N2O3/c1-3-10-8-6-13-5-7(8)9(12)11-14-4-2/h7-8,10H,3-6H2,1-2H3,(H,11,12). The monoisotopic (exact) mass is 202 g/mol. The molecule has 0 aromatic rings. The molecule has 0 spiro atoms. The SMILES string of the molecule is CCNC1COCC1C(=O)NOCC. The third kappa shape index (κ3) is 2.94. The molecule has 0 saturated carbocycles. The number of hydroxylamine groups is 1. The van der Waals surface area contributed by atoms with Crippen LogP contribution in [0.1, 0.15) is 13.8 Å². The molecule has 1 fully saturated rings. The van der Waals surface area contributed by atoms with Crippen LogP contribution in [0.5, 0.6) is 0 Å². The van der Waals surface area contributed by atoms with Crippen LogP contribution < -0.4 is 10.8 Å². The highest BCUT2D eigenvalue weighted by atomic mass is 16.6. The molecule has 1 rings (SSSR count). The molecule has 0 radical (unpaired) electrons. The number of ether oxygens (including phenoxy) is 1. The van der Waals surface area contributed by atoms with Gasteiger partial charge in [0.15, 0.2) is 0 Å². The maximum Gasteiger partial charge on any atom is 0.250 e. The van der Waals surface area contributed by atoms with Gasteiger partial charge in [-0.15, -0.1) is 0 Å². The van der Waals surface area contributed by atoms with E-state index in [4.69, 9.17) is 9.57 Å². The zero-order chi connectivity index (χ0) is 10.4. The molecule has 5 nitrogen and oxygen atoms in total. The van der Waals surface area contributed by atoms with Crippen LogP contribution in [0.3, 0.4) is 0 Å². The Hall–Kier alpha value is -0.650. The Bertz CT molecular complexity index is 187. The lowest BCUT2D eigenvalue weighted by atomic mass is 10.0. The number of rotatable bonds is 5. The van der Waals surface area contributed by atoms with E-state index >= 15 is 0 Å². The van der Waals surface area contributed by atoms with Gasteiger partial charge in [-0.1, -0.05) is 6.92 Å². The van der Waals surface area contributed by atoms with Gasteiger partial charge < -0.3 is 10.1 Å². The van der Waals surface area contributed by atoms with E-state index in [1.807, 2.05) is 13.8 Å². The van der Waals surface area contributed by atoms with E-state index in [2.05, 4.69) is 10.8 Å². The predicted octanol–water partition coefficient (Wildman–Crippen LogP) is -0.321. The molecule has 2 atom stereocenters. The first-order chi connectivity index (χ1) is 6.79. The minimum Gasteiger partial charge on any atom is -0.379 e. The van der Waals surface area contributed by atoms with Crippen LogP contribution in [-0.4, -0.2) is 38.3 Å². The van der Waals surface area contributed by atoms with Crippen LogP contribution in [0.2, 0.25) is 0 Å². The highest BCUT2D eigenvalue weighted by Gasteiger charge is 2.33. The Balaban J connectivity index is 2.36. The quantitative estimate of drug-likeness (QED) is 0.600. The van der Waals surface area contributed by atoms with E-state index in [1.165, 1.54) is 0 Å². The summed E-state index contributed by atoms with van der Waals surface area (Å²) in [5.74, 6) is -0.239. The second kappa shape index (κ2) is 5.95. The van der Waals surface area contributed by atoms with Gasteiger partial charge in [0, 0.05) is 6.04 Å². The van der Waals surface area contributed by atoms with Crippen molar-refractivity contribution in [2.24, 2.45) is 5.92 Å². The lowest BCUT2D eigenvalue weighted by Gasteiger charge is -2.17. The van der Waals surface area contributed by atoms with Crippen LogP contribution in [0.4, 0.5) is 0 Å². The number of likely N-dealkylation sites (N-methyl/N-ethyl adjacent to an activating group) is 1. The number of hydrogen-bond acceptors (Lipinski definition) is 4. The molecule has 2 N–H and O–H groups in total. The van der Waals surface area contributed by atoms with Crippen LogP contribution in [-0.2, 0) is 14.4 Å². The fourth-order valence-corrected chi connectivity index (χ4v) is 1.50. The molecule has 1 amide bonds. The second-order valence-electron chi connectivity index (χ2n) is 3.21. The molecule has 1 saturated heterocycles. The van der Waals surface area contributed by atoms with Crippen molar-refractivity contribution >= 4 is 5.91 Å². The van der Waals surface area contributed by atoms with Crippen molar-refractivity contribution in [1.29, 1.82) is 0 Å². The average molecular weight is 202 g/mol. The predicted molar refractivity (Wildman–Crippen MR) is 51.5 cm³/mol. The Kier molecular flexibility index (Phi) is 4.86. The molecular formula is C9H18N2O3. The minimum atomic E-state index is -0.138. The molecule has 1 heterocycles. The molecular weight excluding hydrogens is 184 g/mol. The van der Waals surface area contributed by atoms with E-state index in [0.29, 0.717) is 19.8 Å². The summed E-state index contributed by atoms with van der Waals surface area (Å²) in [6.45, 7) is 6.22. The molecule has 0 aliphatic carbocycles. The van der Waals surface area contributed by atoms with Gasteiger partial charge in [-0.05, 0) is 13.5 Å². The number of nitrogens with one attached hydrogen (secondary N) is 2. The Morgan fingerprint density at radius 1 is 1.50 bits per heavy atom. The molecule has 5 heteroatoms. The fraction of sp³-hybridized carbons (Fsp3) is 0.889. The number of amides is 1. The van der Waals surface area contributed by atoms with Gasteiger partial charge in [-0.3, -0.25) is 9.63 Å². The van der Waals surface area contributed by atoms with Gasteiger partial charge >= 0.3 is 0 Å². The lowest BCUT2D eigenvalue weighted by Crippen LogP contribution is -2.43. The van der Waals surface area contributed by atoms with Crippen molar-refractivity contribution in [1.82, 2.24) is 10.8 Å². The molecule has 1 aliphatic heterocycles. The van der Waals surface area contributed by atoms with Crippen molar-refractivity contribution in [3.63, 3.8) is 0 Å². The van der Waals surface area contributed by atoms with Crippen LogP contribution in [0, 0.1) is 5.92 Å². The first-order valence-electron chi connectivity index (χ1n) is 5.02. The molecule has 0 bridgehead atoms. The fourth-order valence-electron chi connectivity index (χ4n) is 1.50. The summed E-state index contributed by atoms with van der Waals surface area (Å²) < 4.78 is 5.24. The highest BCUT2D eigenvalue weighted by Crippen LogP contribution is 2.13. The van der Waals surface area contributed by atoms with Crippen molar-refractivity contribution in [2.45, 2.75) is 19.9 Å². The number of carbonyl (C=O) groups is 1. The van der Waals surface area contributed by atoms with Crippen LogP contribution >= 0.6 is 0 Å². The topological polar surface area (TPSA) is 59.6 Å². The summed E-state index contributed by atoms with van der Waals surface area (Å²) in [5, 5.41) is 3.21. The van der Waals surface area contributed by atoms with Crippen molar-refractivity contribution in [3.05, 3.63) is 0 Å². The van der Waals surface area contributed by atoms with Crippen LogP contribution in [0.15, 0.2) is 0 Å². The van der Waals surface area contributed by atoms with Gasteiger partial charge in [0.2, 0.25) is 0 Å². The van der Waals surface area contributed by atoms with Crippen molar-refractivity contribution < 1.29 is 14.4 Å². The zero-order valence-corrected chi connectivity index (χ0v) is 8.71. The van der Waals surface area contributed by atoms with Crippen molar-refractivity contribution in [3.8, 4) is 0 Å². The smallest absolute Gasteiger partial charge is 0.250 e. The first-order valence-corrected chi connectivity index (χ1v) is 5.02. The maximum atomic E-state index is 11.5. The Morgan fingerprint density at radius 2 is 2.29 bits per heavy atom. The molecule has 14 heavy (non-hydrogen) atoms. The molecule has 0 aromatic heterocycles. The third-order valence-electron chi connectivity index (χ3n) is 2.20. The summed E-state index contributed by atoms with van der Waals surface area (Å²) in [7, 11) is 0. The van der Waals surface area contributed by atoms with E-state index < -0.39 is 0 Å². The van der Waals surface area contributed by atoms with Gasteiger partial charge in [0.05, 0.1) is 25.7 Å². The van der Waals surface area contributed by atoms with Gasteiger partial charge in [-0.25, -0.2) is 5.48 Å². The minimum absolute atomic E-state index is 0.102. The van der Waals surface area contributed by atoms with E-state index in [1.54, 1.807) is 0 Å². The molecule has 2 unspecified atom stereocenters. The lowest BCUT2D eigenvalue weighted by molar-refractivity contribution is -0.137. The first kappa shape index (κ1) is 11.4. The van der Waals surface area contributed by atoms with E-state index in [9.17, 15) is 4.79 Å². The van der Waals surface area contributed by atoms with Gasteiger partial charge in [0.25, 0.3) is 5.91 Å². The highest BCUT2D eigenvalue weighted by molar-refractivity contribution is 5.78. The summed E-state index contributed by atoms with van der Waals surface area (Å²) in [5.41, 5.74) is 2.40. The van der Waals surface area contributed by atoms with Gasteiger partial charge in [-0.2, -0.15) is 0 Å². The molecule has 0 aromatic carbocycles.